The van der Waals surface area contributed by atoms with Crippen molar-refractivity contribution in [3.8, 4) is 5.69 Å². The third-order valence-corrected chi connectivity index (χ3v) is 5.50. The van der Waals surface area contributed by atoms with Crippen molar-refractivity contribution in [3.05, 3.63) is 62.7 Å². The number of fused-ring (bicyclic) bond motifs is 1. The van der Waals surface area contributed by atoms with E-state index in [4.69, 9.17) is 23.2 Å². The molecule has 0 saturated carbocycles. The van der Waals surface area contributed by atoms with Crippen LogP contribution in [-0.2, 0) is 4.79 Å². The lowest BCUT2D eigenvalue weighted by atomic mass is 10.1. The van der Waals surface area contributed by atoms with Crippen LogP contribution in [0.2, 0.25) is 10.0 Å². The van der Waals surface area contributed by atoms with Crippen LogP contribution >= 0.6 is 35.0 Å². The van der Waals surface area contributed by atoms with Gasteiger partial charge in [0.25, 0.3) is 11.1 Å². The Morgan fingerprint density at radius 1 is 1.15 bits per heavy atom. The zero-order valence-electron chi connectivity index (χ0n) is 13.4. The number of nitrogens with zero attached hydrogens (tertiary/aromatic N) is 2. The summed E-state index contributed by atoms with van der Waals surface area (Å²) in [6, 6.07) is 11.1. The van der Waals surface area contributed by atoms with Gasteiger partial charge in [0.1, 0.15) is 5.82 Å². The molecule has 0 aliphatic carbocycles. The van der Waals surface area contributed by atoms with Crippen LogP contribution in [-0.4, -0.2) is 20.7 Å². The molecule has 2 amide bonds. The summed E-state index contributed by atoms with van der Waals surface area (Å²) in [6.45, 7) is 1.88. The molecule has 4 rings (SSSR count). The van der Waals surface area contributed by atoms with Crippen LogP contribution < -0.4 is 5.32 Å². The smallest absolute Gasteiger partial charge is 0.290 e. The number of para-hydroxylation sites is 1. The molecule has 1 saturated heterocycles. The first-order valence-corrected chi connectivity index (χ1v) is 9.19. The maximum absolute atomic E-state index is 11.9. The minimum atomic E-state index is -0.392. The van der Waals surface area contributed by atoms with E-state index >= 15 is 0 Å². The van der Waals surface area contributed by atoms with Gasteiger partial charge in [0.05, 0.1) is 31.7 Å². The average Bonchev–Trinajstić information content (AvgIpc) is 3.07. The van der Waals surface area contributed by atoms with Crippen LogP contribution in [0, 0.1) is 6.92 Å². The highest BCUT2D eigenvalue weighted by Crippen LogP contribution is 2.32. The normalized spacial score (nSPS) is 15.9. The van der Waals surface area contributed by atoms with Crippen LogP contribution in [0.1, 0.15) is 11.4 Å². The van der Waals surface area contributed by atoms with E-state index in [9.17, 15) is 9.59 Å². The molecule has 1 fully saturated rings. The van der Waals surface area contributed by atoms with Gasteiger partial charge in [0.15, 0.2) is 0 Å². The number of aromatic nitrogens is 2. The van der Waals surface area contributed by atoms with E-state index < -0.39 is 5.91 Å². The number of rotatable bonds is 2. The number of hydrogen-bond acceptors (Lipinski definition) is 4. The lowest BCUT2D eigenvalue weighted by Gasteiger charge is -2.11. The Morgan fingerprint density at radius 2 is 1.88 bits per heavy atom. The molecule has 2 aromatic carbocycles. The van der Waals surface area contributed by atoms with E-state index in [-0.39, 0.29) is 5.24 Å². The molecule has 8 heteroatoms. The maximum atomic E-state index is 11.9. The Bertz CT molecular complexity index is 1120. The molecule has 5 nitrogen and oxygen atoms in total. The molecule has 0 atom stereocenters. The first-order chi connectivity index (χ1) is 12.4. The van der Waals surface area contributed by atoms with Crippen molar-refractivity contribution in [1.29, 1.82) is 0 Å². The van der Waals surface area contributed by atoms with E-state index in [1.807, 2.05) is 35.8 Å². The lowest BCUT2D eigenvalue weighted by molar-refractivity contribution is -0.115. The predicted octanol–water partition coefficient (Wildman–Crippen LogP) is 4.96. The van der Waals surface area contributed by atoms with E-state index in [1.165, 1.54) is 0 Å². The maximum Gasteiger partial charge on any atom is 0.290 e. The van der Waals surface area contributed by atoms with E-state index in [0.717, 1.165) is 39.9 Å². The number of thioether (sulfide) groups is 1. The molecule has 1 N–H and O–H groups in total. The summed E-state index contributed by atoms with van der Waals surface area (Å²) in [7, 11) is 0. The largest absolute Gasteiger partial charge is 0.296 e. The van der Waals surface area contributed by atoms with Gasteiger partial charge in [-0.15, -0.1) is 0 Å². The third-order valence-electron chi connectivity index (χ3n) is 3.97. The van der Waals surface area contributed by atoms with Gasteiger partial charge < -0.3 is 0 Å². The molecule has 2 heterocycles. The van der Waals surface area contributed by atoms with Gasteiger partial charge in [-0.2, -0.15) is 0 Å². The number of carbonyl (C=O) groups is 2. The fourth-order valence-corrected chi connectivity index (χ4v) is 3.86. The summed E-state index contributed by atoms with van der Waals surface area (Å²) in [4.78, 5) is 28.2. The number of imide groups is 1. The number of halogens is 2. The topological polar surface area (TPSA) is 64.0 Å². The van der Waals surface area contributed by atoms with Gasteiger partial charge in [0.2, 0.25) is 0 Å². The van der Waals surface area contributed by atoms with Crippen molar-refractivity contribution in [2.75, 3.05) is 0 Å². The van der Waals surface area contributed by atoms with Gasteiger partial charge >= 0.3 is 0 Å². The monoisotopic (exact) mass is 403 g/mol. The number of amides is 2. The van der Waals surface area contributed by atoms with Crippen LogP contribution in [0.15, 0.2) is 41.3 Å². The molecule has 130 valence electrons. The third kappa shape index (κ3) is 2.90. The van der Waals surface area contributed by atoms with Gasteiger partial charge in [-0.3, -0.25) is 19.5 Å². The molecule has 3 aromatic rings. The van der Waals surface area contributed by atoms with Crippen molar-refractivity contribution < 1.29 is 9.59 Å². The van der Waals surface area contributed by atoms with E-state index in [0.29, 0.717) is 15.0 Å². The lowest BCUT2D eigenvalue weighted by Crippen LogP contribution is -2.17. The second-order valence-electron chi connectivity index (χ2n) is 5.66. The number of carbonyl (C=O) groups excluding carboxylic acids is 2. The van der Waals surface area contributed by atoms with Crippen LogP contribution in [0.5, 0.6) is 0 Å². The molecule has 26 heavy (non-hydrogen) atoms. The van der Waals surface area contributed by atoms with Crippen LogP contribution in [0.3, 0.4) is 0 Å². The Morgan fingerprint density at radius 3 is 2.62 bits per heavy atom. The zero-order chi connectivity index (χ0) is 18.4. The van der Waals surface area contributed by atoms with Gasteiger partial charge in [0, 0.05) is 0 Å². The Hall–Kier alpha value is -2.28. The predicted molar refractivity (Wildman–Crippen MR) is 105 cm³/mol. The fraction of sp³-hybridized carbons (Fsp3) is 0.0556. The molecule has 0 bridgehead atoms. The van der Waals surface area contributed by atoms with E-state index in [1.54, 1.807) is 18.2 Å². The second kappa shape index (κ2) is 6.46. The number of aryl methyl sites for hydroxylation is 1. The number of hydrogen-bond donors (Lipinski definition) is 1. The molecule has 0 spiro atoms. The molecule has 0 radical (unpaired) electrons. The first kappa shape index (κ1) is 17.1. The summed E-state index contributed by atoms with van der Waals surface area (Å²) < 4.78 is 1.95. The second-order valence-corrected chi connectivity index (χ2v) is 7.49. The standard InChI is InChI=1S/C18H11Cl2N3O2S/c1-9-21-13-7-11(19)12(20)8-15(13)23(9)14-5-3-2-4-10(14)6-16-17(24)22-18(25)26-16/h2-8H,1H3,(H,22,24,25). The average molecular weight is 404 g/mol. The molecular weight excluding hydrogens is 393 g/mol. The molecular formula is C18H11Cl2N3O2S. The highest BCUT2D eigenvalue weighted by molar-refractivity contribution is 8.18. The van der Waals surface area contributed by atoms with Crippen molar-refractivity contribution in [1.82, 2.24) is 14.9 Å². The van der Waals surface area contributed by atoms with E-state index in [2.05, 4.69) is 10.3 Å². The summed E-state index contributed by atoms with van der Waals surface area (Å²) >= 11 is 13.2. The van der Waals surface area contributed by atoms with Crippen LogP contribution in [0.4, 0.5) is 4.79 Å². The minimum absolute atomic E-state index is 0.352. The molecule has 1 aliphatic rings. The Balaban J connectivity index is 1.93. The summed E-state index contributed by atoms with van der Waals surface area (Å²) in [5, 5.41) is 2.77. The summed E-state index contributed by atoms with van der Waals surface area (Å²) in [6.07, 6.45) is 1.70. The van der Waals surface area contributed by atoms with Crippen LogP contribution in [0.25, 0.3) is 22.8 Å². The number of nitrogens with one attached hydrogen (secondary N) is 1. The van der Waals surface area contributed by atoms with Crippen molar-refractivity contribution in [2.45, 2.75) is 6.92 Å². The highest BCUT2D eigenvalue weighted by Gasteiger charge is 2.25. The minimum Gasteiger partial charge on any atom is -0.296 e. The van der Waals surface area contributed by atoms with Crippen molar-refractivity contribution >= 4 is 63.2 Å². The first-order valence-electron chi connectivity index (χ1n) is 7.62. The number of imidazole rings is 1. The molecule has 1 aromatic heterocycles. The summed E-state index contributed by atoms with van der Waals surface area (Å²) in [5.41, 5.74) is 3.14. The van der Waals surface area contributed by atoms with Gasteiger partial charge in [-0.1, -0.05) is 41.4 Å². The number of benzene rings is 2. The summed E-state index contributed by atoms with van der Waals surface area (Å²) in [5.74, 6) is 0.362. The fourth-order valence-electron chi connectivity index (χ4n) is 2.87. The Labute approximate surface area is 163 Å². The van der Waals surface area contributed by atoms with Crippen molar-refractivity contribution in [3.63, 3.8) is 0 Å². The quantitative estimate of drug-likeness (QED) is 0.613. The SMILES string of the molecule is Cc1nc2cc(Cl)c(Cl)cc2n1-c1ccccc1C=C1SC(=O)NC1=O. The van der Waals surface area contributed by atoms with Gasteiger partial charge in [-0.25, -0.2) is 4.98 Å². The molecule has 0 unspecified atom stereocenters. The van der Waals surface area contributed by atoms with Crippen molar-refractivity contribution in [2.24, 2.45) is 0 Å². The molecule has 1 aliphatic heterocycles. The zero-order valence-corrected chi connectivity index (χ0v) is 15.7. The highest BCUT2D eigenvalue weighted by atomic mass is 35.5. The Kier molecular flexibility index (Phi) is 4.26. The van der Waals surface area contributed by atoms with Gasteiger partial charge in [-0.05, 0) is 48.5 Å².